The van der Waals surface area contributed by atoms with Crippen LogP contribution in [-0.4, -0.2) is 54.6 Å². The maximum atomic E-state index is 12.3. The lowest BCUT2D eigenvalue weighted by Crippen LogP contribution is -2.41. The van der Waals surface area contributed by atoms with Gasteiger partial charge in [0.2, 0.25) is 0 Å². The van der Waals surface area contributed by atoms with E-state index in [0.717, 1.165) is 13.1 Å². The zero-order valence-electron chi connectivity index (χ0n) is 10.6. The molecule has 6 heteroatoms. The molecule has 0 spiro atoms. The first-order chi connectivity index (χ1) is 9.16. The molecule has 104 valence electrons. The number of thiophene rings is 1. The van der Waals surface area contributed by atoms with Gasteiger partial charge in [0.1, 0.15) is 0 Å². The molecule has 1 aromatic heterocycles. The average Bonchev–Trinajstić information content (AvgIpc) is 2.91. The van der Waals surface area contributed by atoms with Crippen molar-refractivity contribution in [1.82, 2.24) is 4.90 Å². The van der Waals surface area contributed by atoms with Gasteiger partial charge >= 0.3 is 5.97 Å². The van der Waals surface area contributed by atoms with Gasteiger partial charge < -0.3 is 9.84 Å². The van der Waals surface area contributed by atoms with E-state index >= 15 is 0 Å². The number of ketones is 1. The minimum absolute atomic E-state index is 0.0658. The van der Waals surface area contributed by atoms with Crippen molar-refractivity contribution in [3.63, 3.8) is 0 Å². The Morgan fingerprint density at radius 2 is 2.16 bits per heavy atom. The highest BCUT2D eigenvalue weighted by atomic mass is 32.1. The highest BCUT2D eigenvalue weighted by molar-refractivity contribution is 7.12. The van der Waals surface area contributed by atoms with E-state index in [0.29, 0.717) is 24.6 Å². The standard InChI is InChI=1S/C13H17NO4S/c15-12(16)8-10(9-14-3-5-18-6-4-14)13(17)11-2-1-7-19-11/h1-2,7,10H,3-6,8-9H2,(H,15,16). The summed E-state index contributed by atoms with van der Waals surface area (Å²) >= 11 is 1.36. The van der Waals surface area contributed by atoms with E-state index in [-0.39, 0.29) is 12.2 Å². The quantitative estimate of drug-likeness (QED) is 0.798. The number of carboxylic acid groups (broad SMARTS) is 1. The van der Waals surface area contributed by atoms with Crippen LogP contribution in [0, 0.1) is 5.92 Å². The molecule has 1 N–H and O–H groups in total. The second-order valence-electron chi connectivity index (χ2n) is 4.55. The molecule has 0 amide bonds. The van der Waals surface area contributed by atoms with E-state index in [1.807, 2.05) is 11.4 Å². The van der Waals surface area contributed by atoms with E-state index in [1.54, 1.807) is 6.07 Å². The summed E-state index contributed by atoms with van der Waals surface area (Å²) in [6.45, 7) is 3.30. The molecule has 0 saturated carbocycles. The smallest absolute Gasteiger partial charge is 0.304 e. The Morgan fingerprint density at radius 1 is 1.42 bits per heavy atom. The summed E-state index contributed by atoms with van der Waals surface area (Å²) < 4.78 is 5.25. The molecule has 5 nitrogen and oxygen atoms in total. The van der Waals surface area contributed by atoms with Crippen molar-refractivity contribution < 1.29 is 19.4 Å². The second kappa shape index (κ2) is 6.79. The number of carboxylic acids is 1. The number of carbonyl (C=O) groups is 2. The molecule has 0 aromatic carbocycles. The van der Waals surface area contributed by atoms with Gasteiger partial charge in [-0.2, -0.15) is 0 Å². The summed E-state index contributed by atoms with van der Waals surface area (Å²) in [5.41, 5.74) is 0. The zero-order valence-corrected chi connectivity index (χ0v) is 11.4. The topological polar surface area (TPSA) is 66.8 Å². The third-order valence-corrected chi connectivity index (χ3v) is 4.02. The summed E-state index contributed by atoms with van der Waals surface area (Å²) in [6, 6.07) is 3.56. The minimum atomic E-state index is -0.928. The van der Waals surface area contributed by atoms with Crippen LogP contribution >= 0.6 is 11.3 Å². The number of nitrogens with zero attached hydrogens (tertiary/aromatic N) is 1. The fourth-order valence-corrected chi connectivity index (χ4v) is 2.91. The summed E-state index contributed by atoms with van der Waals surface area (Å²) in [6.07, 6.45) is -0.117. The van der Waals surface area contributed by atoms with Crippen molar-refractivity contribution in [3.8, 4) is 0 Å². The number of rotatable bonds is 6. The molecule has 1 aliphatic heterocycles. The maximum absolute atomic E-state index is 12.3. The number of hydrogen-bond acceptors (Lipinski definition) is 5. The molecule has 1 saturated heterocycles. The van der Waals surface area contributed by atoms with Crippen LogP contribution in [0.4, 0.5) is 0 Å². The van der Waals surface area contributed by atoms with Crippen LogP contribution in [0.5, 0.6) is 0 Å². The highest BCUT2D eigenvalue weighted by Crippen LogP contribution is 2.19. The van der Waals surface area contributed by atoms with Crippen molar-refractivity contribution >= 4 is 23.1 Å². The van der Waals surface area contributed by atoms with E-state index in [2.05, 4.69) is 4.90 Å². The Morgan fingerprint density at radius 3 is 2.74 bits per heavy atom. The summed E-state index contributed by atoms with van der Waals surface area (Å²) in [7, 11) is 0. The lowest BCUT2D eigenvalue weighted by atomic mass is 9.98. The molecule has 1 atom stereocenters. The average molecular weight is 283 g/mol. The normalized spacial score (nSPS) is 18.1. The van der Waals surface area contributed by atoms with Crippen molar-refractivity contribution in [2.45, 2.75) is 6.42 Å². The molecule has 2 rings (SSSR count). The number of ether oxygens (including phenoxy) is 1. The Labute approximate surface area is 115 Å². The summed E-state index contributed by atoms with van der Waals surface area (Å²) in [5, 5.41) is 10.8. The van der Waals surface area contributed by atoms with E-state index < -0.39 is 11.9 Å². The van der Waals surface area contributed by atoms with Crippen molar-refractivity contribution in [2.24, 2.45) is 5.92 Å². The van der Waals surface area contributed by atoms with Gasteiger partial charge in [-0.1, -0.05) is 6.07 Å². The van der Waals surface area contributed by atoms with Crippen LogP contribution in [0.3, 0.4) is 0 Å². The number of carbonyl (C=O) groups excluding carboxylic acids is 1. The van der Waals surface area contributed by atoms with Crippen LogP contribution in [0.15, 0.2) is 17.5 Å². The van der Waals surface area contributed by atoms with Gasteiger partial charge in [-0.25, -0.2) is 0 Å². The van der Waals surface area contributed by atoms with Crippen molar-refractivity contribution in [3.05, 3.63) is 22.4 Å². The number of morpholine rings is 1. The SMILES string of the molecule is O=C(O)CC(CN1CCOCC1)C(=O)c1cccs1. The molecule has 2 heterocycles. The Hall–Kier alpha value is -1.24. The summed E-state index contributed by atoms with van der Waals surface area (Å²) in [5.74, 6) is -1.47. The van der Waals surface area contributed by atoms with E-state index in [4.69, 9.17) is 9.84 Å². The van der Waals surface area contributed by atoms with Gasteiger partial charge in [-0.05, 0) is 11.4 Å². The maximum Gasteiger partial charge on any atom is 0.304 e. The minimum Gasteiger partial charge on any atom is -0.481 e. The third kappa shape index (κ3) is 4.12. The Kier molecular flexibility index (Phi) is 5.07. The molecule has 1 aromatic rings. The molecule has 0 radical (unpaired) electrons. The van der Waals surface area contributed by atoms with Crippen LogP contribution in [-0.2, 0) is 9.53 Å². The molecular formula is C13H17NO4S. The van der Waals surface area contributed by atoms with Gasteiger partial charge in [0, 0.05) is 25.6 Å². The first-order valence-corrected chi connectivity index (χ1v) is 7.14. The van der Waals surface area contributed by atoms with E-state index in [9.17, 15) is 9.59 Å². The van der Waals surface area contributed by atoms with E-state index in [1.165, 1.54) is 11.3 Å². The van der Waals surface area contributed by atoms with Crippen LogP contribution in [0.2, 0.25) is 0 Å². The fourth-order valence-electron chi connectivity index (χ4n) is 2.17. The fraction of sp³-hybridized carbons (Fsp3) is 0.538. The Bertz CT molecular complexity index is 426. The van der Waals surface area contributed by atoms with Gasteiger partial charge in [0.15, 0.2) is 5.78 Å². The van der Waals surface area contributed by atoms with Crippen LogP contribution in [0.1, 0.15) is 16.1 Å². The largest absolute Gasteiger partial charge is 0.481 e. The monoisotopic (exact) mass is 283 g/mol. The molecule has 19 heavy (non-hydrogen) atoms. The van der Waals surface area contributed by atoms with Crippen molar-refractivity contribution in [1.29, 1.82) is 0 Å². The zero-order chi connectivity index (χ0) is 13.7. The lowest BCUT2D eigenvalue weighted by molar-refractivity contribution is -0.138. The number of aliphatic carboxylic acids is 1. The predicted molar refractivity (Wildman–Crippen MR) is 71.7 cm³/mol. The lowest BCUT2D eigenvalue weighted by Gasteiger charge is -2.29. The van der Waals surface area contributed by atoms with Gasteiger partial charge in [-0.15, -0.1) is 11.3 Å². The van der Waals surface area contributed by atoms with Crippen LogP contribution in [0.25, 0.3) is 0 Å². The molecule has 1 unspecified atom stereocenters. The molecule has 1 aliphatic rings. The molecule has 0 aliphatic carbocycles. The second-order valence-corrected chi connectivity index (χ2v) is 5.50. The predicted octanol–water partition coefficient (Wildman–Crippen LogP) is 1.35. The summed E-state index contributed by atoms with van der Waals surface area (Å²) in [4.78, 5) is 26.0. The van der Waals surface area contributed by atoms with Gasteiger partial charge in [-0.3, -0.25) is 14.5 Å². The Balaban J connectivity index is 2.02. The molecular weight excluding hydrogens is 266 g/mol. The number of Topliss-reactive ketones (excluding diaryl/α,β-unsaturated/α-hetero) is 1. The van der Waals surface area contributed by atoms with Gasteiger partial charge in [0.25, 0.3) is 0 Å². The highest BCUT2D eigenvalue weighted by Gasteiger charge is 2.26. The van der Waals surface area contributed by atoms with Crippen LogP contribution < -0.4 is 0 Å². The molecule has 0 bridgehead atoms. The first kappa shape index (κ1) is 14.2. The first-order valence-electron chi connectivity index (χ1n) is 6.26. The third-order valence-electron chi connectivity index (χ3n) is 3.14. The number of hydrogen-bond donors (Lipinski definition) is 1. The van der Waals surface area contributed by atoms with Gasteiger partial charge in [0.05, 0.1) is 24.5 Å². The molecule has 1 fully saturated rings. The van der Waals surface area contributed by atoms with Crippen molar-refractivity contribution in [2.75, 3.05) is 32.8 Å².